The van der Waals surface area contributed by atoms with E-state index < -0.39 is 11.3 Å². The van der Waals surface area contributed by atoms with E-state index in [4.69, 9.17) is 0 Å². The highest BCUT2D eigenvalue weighted by Crippen LogP contribution is 2.30. The summed E-state index contributed by atoms with van der Waals surface area (Å²) in [4.78, 5) is 26.5. The van der Waals surface area contributed by atoms with Gasteiger partial charge in [-0.1, -0.05) is 29.5 Å². The van der Waals surface area contributed by atoms with E-state index in [2.05, 4.69) is 25.7 Å². The Hall–Kier alpha value is -2.55. The SMILES string of the molecule is Cc1ccc(-n2c(S[C@@H](C)C(=O)NC(=O)NC(C)C)nnc2N2CCCC2)cc1. The molecule has 2 N–H and O–H groups in total. The minimum Gasteiger partial charge on any atom is -0.341 e. The molecule has 1 saturated heterocycles. The van der Waals surface area contributed by atoms with E-state index in [9.17, 15) is 9.59 Å². The van der Waals surface area contributed by atoms with E-state index in [0.29, 0.717) is 5.16 Å². The van der Waals surface area contributed by atoms with Crippen LogP contribution in [0.5, 0.6) is 0 Å². The summed E-state index contributed by atoms with van der Waals surface area (Å²) >= 11 is 1.29. The summed E-state index contributed by atoms with van der Waals surface area (Å²) in [5.74, 6) is 0.424. The van der Waals surface area contributed by atoms with Gasteiger partial charge in [-0.2, -0.15) is 0 Å². The highest BCUT2D eigenvalue weighted by molar-refractivity contribution is 8.00. The molecule has 1 atom stereocenters. The van der Waals surface area contributed by atoms with Gasteiger partial charge in [0.2, 0.25) is 11.9 Å². The Kier molecular flexibility index (Phi) is 6.79. The number of aryl methyl sites for hydroxylation is 1. The molecule has 3 amide bonds. The molecule has 0 unspecified atom stereocenters. The van der Waals surface area contributed by atoms with E-state index in [1.165, 1.54) is 17.3 Å². The molecule has 1 aliphatic heterocycles. The molecule has 2 aromatic rings. The van der Waals surface area contributed by atoms with Gasteiger partial charge in [-0.25, -0.2) is 4.79 Å². The minimum absolute atomic E-state index is 0.0431. The van der Waals surface area contributed by atoms with E-state index >= 15 is 0 Å². The van der Waals surface area contributed by atoms with E-state index in [0.717, 1.165) is 37.6 Å². The molecular weight excluding hydrogens is 388 g/mol. The van der Waals surface area contributed by atoms with Crippen molar-refractivity contribution in [1.29, 1.82) is 0 Å². The van der Waals surface area contributed by atoms with Gasteiger partial charge in [-0.05, 0) is 52.7 Å². The van der Waals surface area contributed by atoms with Crippen LogP contribution in [0.3, 0.4) is 0 Å². The van der Waals surface area contributed by atoms with Crippen LogP contribution in [-0.2, 0) is 4.79 Å². The molecule has 0 bridgehead atoms. The fraction of sp³-hybridized carbons (Fsp3) is 0.500. The first kappa shape index (κ1) is 21.2. The Labute approximate surface area is 175 Å². The second kappa shape index (κ2) is 9.30. The molecule has 8 nitrogen and oxygen atoms in total. The zero-order chi connectivity index (χ0) is 21.0. The summed E-state index contributed by atoms with van der Waals surface area (Å²) in [7, 11) is 0. The second-order valence-corrected chi connectivity index (χ2v) is 8.83. The standard InChI is InChI=1S/C20H28N6O2S/c1-13(2)21-18(28)22-17(27)15(4)29-20-24-23-19(25-11-5-6-12-25)26(20)16-9-7-14(3)8-10-16/h7-10,13,15H,5-6,11-12H2,1-4H3,(H2,21,22,27,28)/t15-/m0/s1. The van der Waals surface area contributed by atoms with Gasteiger partial charge in [0.15, 0.2) is 5.16 Å². The molecule has 29 heavy (non-hydrogen) atoms. The molecule has 2 heterocycles. The topological polar surface area (TPSA) is 92.2 Å². The average molecular weight is 417 g/mol. The van der Waals surface area contributed by atoms with Crippen LogP contribution in [0, 0.1) is 6.92 Å². The molecule has 0 aliphatic carbocycles. The Balaban J connectivity index is 1.82. The van der Waals surface area contributed by atoms with Gasteiger partial charge in [-0.15, -0.1) is 10.2 Å². The number of benzene rings is 1. The van der Waals surface area contributed by atoms with Gasteiger partial charge >= 0.3 is 6.03 Å². The molecule has 0 saturated carbocycles. The number of hydrogen-bond acceptors (Lipinski definition) is 6. The maximum Gasteiger partial charge on any atom is 0.321 e. The zero-order valence-electron chi connectivity index (χ0n) is 17.3. The summed E-state index contributed by atoms with van der Waals surface area (Å²) in [6, 6.07) is 7.62. The first-order valence-corrected chi connectivity index (χ1v) is 10.8. The number of carbonyl (C=O) groups excluding carboxylic acids is 2. The lowest BCUT2D eigenvalue weighted by atomic mass is 10.2. The largest absolute Gasteiger partial charge is 0.341 e. The third-order valence-electron chi connectivity index (χ3n) is 4.61. The fourth-order valence-electron chi connectivity index (χ4n) is 3.10. The normalized spacial score (nSPS) is 14.9. The van der Waals surface area contributed by atoms with E-state index in [-0.39, 0.29) is 11.9 Å². The number of anilines is 1. The van der Waals surface area contributed by atoms with Crippen molar-refractivity contribution in [3.05, 3.63) is 29.8 Å². The maximum atomic E-state index is 12.4. The van der Waals surface area contributed by atoms with Gasteiger partial charge in [0.1, 0.15) is 0 Å². The van der Waals surface area contributed by atoms with Gasteiger partial charge < -0.3 is 10.2 Å². The zero-order valence-corrected chi connectivity index (χ0v) is 18.1. The Morgan fingerprint density at radius 2 is 1.72 bits per heavy atom. The molecule has 0 radical (unpaired) electrons. The second-order valence-electron chi connectivity index (χ2n) is 7.53. The maximum absolute atomic E-state index is 12.4. The van der Waals surface area contributed by atoms with Gasteiger partial charge in [0, 0.05) is 19.1 Å². The van der Waals surface area contributed by atoms with Crippen LogP contribution in [0.2, 0.25) is 0 Å². The van der Waals surface area contributed by atoms with Crippen molar-refractivity contribution in [2.45, 2.75) is 57.0 Å². The number of urea groups is 1. The summed E-state index contributed by atoms with van der Waals surface area (Å²) in [6.07, 6.45) is 2.26. The van der Waals surface area contributed by atoms with Crippen LogP contribution < -0.4 is 15.5 Å². The molecule has 1 aromatic heterocycles. The van der Waals surface area contributed by atoms with Crippen LogP contribution in [0.1, 0.15) is 39.2 Å². The number of nitrogens with zero attached hydrogens (tertiary/aromatic N) is 4. The molecule has 1 aliphatic rings. The van der Waals surface area contributed by atoms with Crippen molar-refractivity contribution in [3.8, 4) is 5.69 Å². The number of amides is 3. The molecule has 0 spiro atoms. The monoisotopic (exact) mass is 416 g/mol. The predicted molar refractivity (Wildman–Crippen MR) is 115 cm³/mol. The first-order chi connectivity index (χ1) is 13.8. The lowest BCUT2D eigenvalue weighted by Crippen LogP contribution is -2.45. The smallest absolute Gasteiger partial charge is 0.321 e. The Morgan fingerprint density at radius 1 is 1.07 bits per heavy atom. The molecular formula is C20H28N6O2S. The highest BCUT2D eigenvalue weighted by atomic mass is 32.2. The highest BCUT2D eigenvalue weighted by Gasteiger charge is 2.25. The van der Waals surface area contributed by atoms with Crippen LogP contribution in [0.15, 0.2) is 29.4 Å². The third-order valence-corrected chi connectivity index (χ3v) is 5.65. The average Bonchev–Trinajstić information content (AvgIpc) is 3.31. The minimum atomic E-state index is -0.507. The quantitative estimate of drug-likeness (QED) is 0.704. The van der Waals surface area contributed by atoms with Crippen molar-refractivity contribution < 1.29 is 9.59 Å². The first-order valence-electron chi connectivity index (χ1n) is 9.90. The number of aromatic nitrogens is 3. The number of imide groups is 1. The van der Waals surface area contributed by atoms with Crippen molar-refractivity contribution in [2.24, 2.45) is 0 Å². The predicted octanol–water partition coefficient (Wildman–Crippen LogP) is 2.89. The molecule has 1 fully saturated rings. The van der Waals surface area contributed by atoms with Crippen molar-refractivity contribution in [1.82, 2.24) is 25.4 Å². The number of hydrogen-bond donors (Lipinski definition) is 2. The van der Waals surface area contributed by atoms with Crippen LogP contribution in [0.4, 0.5) is 10.7 Å². The Morgan fingerprint density at radius 3 is 2.34 bits per heavy atom. The van der Waals surface area contributed by atoms with Gasteiger partial charge in [-0.3, -0.25) is 14.7 Å². The molecule has 3 rings (SSSR count). The van der Waals surface area contributed by atoms with Gasteiger partial charge in [0.25, 0.3) is 0 Å². The molecule has 156 valence electrons. The molecule has 1 aromatic carbocycles. The third kappa shape index (κ3) is 5.29. The van der Waals surface area contributed by atoms with Crippen LogP contribution >= 0.6 is 11.8 Å². The summed E-state index contributed by atoms with van der Waals surface area (Å²) in [5, 5.41) is 13.9. The Bertz CT molecular complexity index is 858. The van der Waals surface area contributed by atoms with Crippen molar-refractivity contribution in [2.75, 3.05) is 18.0 Å². The lowest BCUT2D eigenvalue weighted by Gasteiger charge is -2.19. The van der Waals surface area contributed by atoms with Crippen LogP contribution in [0.25, 0.3) is 5.69 Å². The number of rotatable bonds is 6. The number of thioether (sulfide) groups is 1. The van der Waals surface area contributed by atoms with Gasteiger partial charge in [0.05, 0.1) is 10.9 Å². The number of nitrogens with one attached hydrogen (secondary N) is 2. The summed E-state index contributed by atoms with van der Waals surface area (Å²) in [6.45, 7) is 9.37. The van der Waals surface area contributed by atoms with Crippen molar-refractivity contribution in [3.63, 3.8) is 0 Å². The van der Waals surface area contributed by atoms with E-state index in [1.54, 1.807) is 6.92 Å². The number of carbonyl (C=O) groups is 2. The molecule has 9 heteroatoms. The van der Waals surface area contributed by atoms with Crippen molar-refractivity contribution >= 4 is 29.6 Å². The summed E-state index contributed by atoms with van der Waals surface area (Å²) < 4.78 is 1.99. The lowest BCUT2D eigenvalue weighted by molar-refractivity contribution is -0.119. The summed E-state index contributed by atoms with van der Waals surface area (Å²) in [5.41, 5.74) is 2.12. The van der Waals surface area contributed by atoms with Crippen LogP contribution in [-0.4, -0.2) is 51.1 Å². The fourth-order valence-corrected chi connectivity index (χ4v) is 3.97. The van der Waals surface area contributed by atoms with E-state index in [1.807, 2.05) is 49.6 Å².